The van der Waals surface area contributed by atoms with Crippen molar-refractivity contribution in [1.82, 2.24) is 0 Å². The van der Waals surface area contributed by atoms with E-state index >= 15 is 0 Å². The average Bonchev–Trinajstić information content (AvgIpc) is 2.77. The van der Waals surface area contributed by atoms with E-state index in [0.29, 0.717) is 6.42 Å². The number of hydrogen-bond donors (Lipinski definition) is 1. The Labute approximate surface area is 189 Å². The van der Waals surface area contributed by atoms with Gasteiger partial charge in [-0.25, -0.2) is 0 Å². The molecule has 4 heteroatoms. The molecule has 0 saturated carbocycles. The Morgan fingerprint density at radius 2 is 1.53 bits per heavy atom. The molecule has 3 aromatic rings. The highest BCUT2D eigenvalue weighted by Gasteiger charge is 2.33. The van der Waals surface area contributed by atoms with Crippen molar-refractivity contribution in [1.29, 1.82) is 0 Å². The van der Waals surface area contributed by atoms with Gasteiger partial charge in [-0.3, -0.25) is 4.79 Å². The monoisotopic (exact) mass is 430 g/mol. The van der Waals surface area contributed by atoms with Crippen LogP contribution < -0.4 is 4.74 Å². The molecule has 166 valence electrons. The Morgan fingerprint density at radius 3 is 2.09 bits per heavy atom. The van der Waals surface area contributed by atoms with Gasteiger partial charge in [-0.2, -0.15) is 0 Å². The van der Waals surface area contributed by atoms with E-state index < -0.39 is 18.0 Å². The first-order valence-electron chi connectivity index (χ1n) is 11.1. The van der Waals surface area contributed by atoms with Crippen LogP contribution in [0.25, 0.3) is 0 Å². The molecule has 0 spiro atoms. The summed E-state index contributed by atoms with van der Waals surface area (Å²) in [5.74, 6) is -0.334. The van der Waals surface area contributed by atoms with Gasteiger partial charge in [0.25, 0.3) is 0 Å². The highest BCUT2D eigenvalue weighted by molar-refractivity contribution is 5.74. The van der Waals surface area contributed by atoms with Crippen LogP contribution in [0.15, 0.2) is 66.7 Å². The molecule has 4 rings (SSSR count). The molecule has 3 aromatic carbocycles. The maximum Gasteiger partial charge on any atom is 0.315 e. The van der Waals surface area contributed by atoms with E-state index in [9.17, 15) is 9.90 Å². The standard InChI is InChI=1S/C28H30O4/c1-18-7-11-21(12-8-18)26(22-13-9-19(2)10-14-22)23-6-4-5-20(3)27(23)32-17-24-25(29)15-16-31-28(24)30/h4-14,24-26,29H,15-17H2,1-3H3/t24-,25+/m0/s1. The summed E-state index contributed by atoms with van der Waals surface area (Å²) in [7, 11) is 0. The summed E-state index contributed by atoms with van der Waals surface area (Å²) in [6.07, 6.45) is -0.302. The lowest BCUT2D eigenvalue weighted by Gasteiger charge is -2.28. The van der Waals surface area contributed by atoms with Gasteiger partial charge in [-0.1, -0.05) is 77.9 Å². The van der Waals surface area contributed by atoms with Crippen LogP contribution >= 0.6 is 0 Å². The minimum Gasteiger partial charge on any atom is -0.492 e. The quantitative estimate of drug-likeness (QED) is 0.437. The van der Waals surface area contributed by atoms with E-state index in [1.165, 1.54) is 22.3 Å². The van der Waals surface area contributed by atoms with E-state index in [1.807, 2.05) is 19.1 Å². The van der Waals surface area contributed by atoms with Gasteiger partial charge >= 0.3 is 5.97 Å². The Morgan fingerprint density at radius 1 is 0.938 bits per heavy atom. The molecule has 0 amide bonds. The first kappa shape index (κ1) is 22.1. The number of carbonyl (C=O) groups excluding carboxylic acids is 1. The number of aliphatic hydroxyl groups excluding tert-OH is 1. The van der Waals surface area contributed by atoms with E-state index in [-0.39, 0.29) is 19.1 Å². The maximum absolute atomic E-state index is 12.2. The van der Waals surface area contributed by atoms with Gasteiger partial charge < -0.3 is 14.6 Å². The third kappa shape index (κ3) is 4.71. The Bertz CT molecular complexity index is 1020. The molecular formula is C28H30O4. The van der Waals surface area contributed by atoms with Crippen molar-refractivity contribution in [2.45, 2.75) is 39.2 Å². The third-order valence-corrected chi connectivity index (χ3v) is 6.21. The molecule has 1 saturated heterocycles. The Hall–Kier alpha value is -3.11. The van der Waals surface area contributed by atoms with E-state index in [4.69, 9.17) is 9.47 Å². The number of aliphatic hydroxyl groups is 1. The predicted octanol–water partition coefficient (Wildman–Crippen LogP) is 5.09. The molecule has 0 radical (unpaired) electrons. The van der Waals surface area contributed by atoms with Gasteiger partial charge in [0.15, 0.2) is 0 Å². The summed E-state index contributed by atoms with van der Waals surface area (Å²) in [5.41, 5.74) is 6.80. The van der Waals surface area contributed by atoms with Gasteiger partial charge in [0.2, 0.25) is 0 Å². The van der Waals surface area contributed by atoms with Gasteiger partial charge in [0.1, 0.15) is 18.3 Å². The number of ether oxygens (including phenoxy) is 2. The first-order valence-corrected chi connectivity index (χ1v) is 11.1. The number of para-hydroxylation sites is 1. The summed E-state index contributed by atoms with van der Waals surface area (Å²) in [5, 5.41) is 10.3. The van der Waals surface area contributed by atoms with Crippen molar-refractivity contribution in [3.8, 4) is 5.75 Å². The second kappa shape index (κ2) is 9.58. The van der Waals surface area contributed by atoms with Crippen molar-refractivity contribution < 1.29 is 19.4 Å². The molecule has 1 fully saturated rings. The van der Waals surface area contributed by atoms with Crippen LogP contribution in [-0.4, -0.2) is 30.4 Å². The van der Waals surface area contributed by atoms with Crippen LogP contribution in [0, 0.1) is 26.7 Å². The van der Waals surface area contributed by atoms with E-state index in [1.54, 1.807) is 0 Å². The number of rotatable bonds is 6. The molecule has 4 nitrogen and oxygen atoms in total. The molecule has 0 aliphatic carbocycles. The minimum absolute atomic E-state index is 0.0191. The van der Waals surface area contributed by atoms with Gasteiger partial charge in [0, 0.05) is 17.9 Å². The van der Waals surface area contributed by atoms with Gasteiger partial charge in [-0.15, -0.1) is 0 Å². The van der Waals surface area contributed by atoms with Crippen molar-refractivity contribution in [3.63, 3.8) is 0 Å². The SMILES string of the molecule is Cc1ccc(C(c2ccc(C)cc2)c2cccc(C)c2OC[C@@H]2C(=O)OCC[C@H]2O)cc1. The largest absolute Gasteiger partial charge is 0.492 e. The Kier molecular flexibility index (Phi) is 6.61. The zero-order valence-electron chi connectivity index (χ0n) is 18.9. The fraction of sp³-hybridized carbons (Fsp3) is 0.321. The van der Waals surface area contributed by atoms with Gasteiger partial charge in [-0.05, 0) is 37.5 Å². The maximum atomic E-state index is 12.2. The summed E-state index contributed by atoms with van der Waals surface area (Å²) >= 11 is 0. The number of benzene rings is 3. The third-order valence-electron chi connectivity index (χ3n) is 6.21. The molecule has 1 aliphatic heterocycles. The van der Waals surface area contributed by atoms with Gasteiger partial charge in [0.05, 0.1) is 12.7 Å². The van der Waals surface area contributed by atoms with Crippen molar-refractivity contribution >= 4 is 5.97 Å². The van der Waals surface area contributed by atoms with Crippen molar-refractivity contribution in [2.75, 3.05) is 13.2 Å². The van der Waals surface area contributed by atoms with Crippen LogP contribution in [0.2, 0.25) is 0 Å². The minimum atomic E-state index is -0.742. The fourth-order valence-corrected chi connectivity index (χ4v) is 4.27. The molecule has 0 bridgehead atoms. The summed E-state index contributed by atoms with van der Waals surface area (Å²) in [6, 6.07) is 23.3. The lowest BCUT2D eigenvalue weighted by molar-refractivity contribution is -0.162. The summed E-state index contributed by atoms with van der Waals surface area (Å²) in [4.78, 5) is 12.2. The summed E-state index contributed by atoms with van der Waals surface area (Å²) < 4.78 is 11.4. The molecule has 1 N–H and O–H groups in total. The van der Waals surface area contributed by atoms with Crippen molar-refractivity contribution in [2.24, 2.45) is 5.92 Å². The molecule has 1 heterocycles. The van der Waals surface area contributed by atoms with Crippen LogP contribution in [0.3, 0.4) is 0 Å². The highest BCUT2D eigenvalue weighted by Crippen LogP contribution is 2.39. The van der Waals surface area contributed by atoms with Crippen LogP contribution in [0.4, 0.5) is 0 Å². The number of cyclic esters (lactones) is 1. The van der Waals surface area contributed by atoms with Crippen molar-refractivity contribution in [3.05, 3.63) is 100 Å². The summed E-state index contributed by atoms with van der Waals surface area (Å²) in [6.45, 7) is 6.53. The second-order valence-electron chi connectivity index (χ2n) is 8.69. The molecule has 32 heavy (non-hydrogen) atoms. The van der Waals surface area contributed by atoms with E-state index in [2.05, 4.69) is 68.4 Å². The highest BCUT2D eigenvalue weighted by atomic mass is 16.5. The zero-order chi connectivity index (χ0) is 22.7. The normalized spacial score (nSPS) is 18.5. The smallest absolute Gasteiger partial charge is 0.315 e. The molecular weight excluding hydrogens is 400 g/mol. The second-order valence-corrected chi connectivity index (χ2v) is 8.69. The Balaban J connectivity index is 1.74. The van der Waals surface area contributed by atoms with Crippen LogP contribution in [0.1, 0.15) is 45.7 Å². The molecule has 2 atom stereocenters. The van der Waals surface area contributed by atoms with Crippen LogP contribution in [-0.2, 0) is 9.53 Å². The molecule has 0 aromatic heterocycles. The van der Waals surface area contributed by atoms with Crippen LogP contribution in [0.5, 0.6) is 5.75 Å². The fourth-order valence-electron chi connectivity index (χ4n) is 4.27. The molecule has 1 aliphatic rings. The number of esters is 1. The zero-order valence-corrected chi connectivity index (χ0v) is 18.9. The number of carbonyl (C=O) groups is 1. The number of aryl methyl sites for hydroxylation is 3. The molecule has 0 unspecified atom stereocenters. The lowest BCUT2D eigenvalue weighted by Crippen LogP contribution is -2.40. The van der Waals surface area contributed by atoms with E-state index in [0.717, 1.165) is 16.9 Å². The first-order chi connectivity index (χ1) is 15.4. The average molecular weight is 431 g/mol. The topological polar surface area (TPSA) is 55.8 Å². The predicted molar refractivity (Wildman–Crippen MR) is 125 cm³/mol. The number of hydrogen-bond acceptors (Lipinski definition) is 4. The lowest BCUT2D eigenvalue weighted by atomic mass is 9.83.